The summed E-state index contributed by atoms with van der Waals surface area (Å²) in [5.74, 6) is -0.151. The third-order valence-electron chi connectivity index (χ3n) is 4.69. The molecule has 0 saturated carbocycles. The Bertz CT molecular complexity index is 538. The van der Waals surface area contributed by atoms with E-state index in [4.69, 9.17) is 0 Å². The van der Waals surface area contributed by atoms with Gasteiger partial charge in [-0.1, -0.05) is 18.2 Å². The van der Waals surface area contributed by atoms with E-state index < -0.39 is 6.04 Å². The third kappa shape index (κ3) is 3.14. The highest BCUT2D eigenvalue weighted by Crippen LogP contribution is 2.21. The van der Waals surface area contributed by atoms with Gasteiger partial charge >= 0.3 is 0 Å². The molecule has 1 atom stereocenters. The number of hydrogen-bond acceptors (Lipinski definition) is 3. The van der Waals surface area contributed by atoms with Crippen molar-refractivity contribution in [2.24, 2.45) is 0 Å². The number of nitrogens with one attached hydrogen (secondary N) is 1. The van der Waals surface area contributed by atoms with Crippen LogP contribution in [-0.2, 0) is 4.79 Å². The van der Waals surface area contributed by atoms with Gasteiger partial charge in [0.05, 0.1) is 0 Å². The molecule has 22 heavy (non-hydrogen) atoms. The van der Waals surface area contributed by atoms with Crippen molar-refractivity contribution in [3.8, 4) is 0 Å². The first kappa shape index (κ1) is 15.0. The molecule has 3 aliphatic heterocycles. The molecular formula is C17H23N3O2. The Kier molecular flexibility index (Phi) is 4.43. The van der Waals surface area contributed by atoms with Crippen LogP contribution in [0, 0.1) is 0 Å². The summed E-state index contributed by atoms with van der Waals surface area (Å²) in [6, 6.07) is 8.88. The molecule has 3 saturated heterocycles. The molecule has 0 unspecified atom stereocenters. The van der Waals surface area contributed by atoms with Crippen LogP contribution in [-0.4, -0.2) is 59.9 Å². The van der Waals surface area contributed by atoms with Gasteiger partial charge in [0, 0.05) is 37.8 Å². The van der Waals surface area contributed by atoms with Crippen LogP contribution in [0.4, 0.5) is 0 Å². The van der Waals surface area contributed by atoms with Crippen molar-refractivity contribution in [3.05, 3.63) is 35.9 Å². The van der Waals surface area contributed by atoms with Crippen LogP contribution in [0.25, 0.3) is 0 Å². The molecule has 2 bridgehead atoms. The maximum Gasteiger partial charge on any atom is 0.251 e. The fourth-order valence-electron chi connectivity index (χ4n) is 3.36. The van der Waals surface area contributed by atoms with E-state index in [1.807, 2.05) is 23.1 Å². The first-order chi connectivity index (χ1) is 10.6. The highest BCUT2D eigenvalue weighted by Gasteiger charge is 2.34. The number of amides is 2. The molecule has 2 amide bonds. The van der Waals surface area contributed by atoms with E-state index >= 15 is 0 Å². The lowest BCUT2D eigenvalue weighted by Crippen LogP contribution is -2.51. The zero-order valence-corrected chi connectivity index (χ0v) is 13.0. The molecule has 1 aromatic carbocycles. The number of benzene rings is 1. The van der Waals surface area contributed by atoms with Gasteiger partial charge in [-0.05, 0) is 31.9 Å². The van der Waals surface area contributed by atoms with Crippen molar-refractivity contribution in [1.29, 1.82) is 0 Å². The Balaban J connectivity index is 1.63. The first-order valence-electron chi connectivity index (χ1n) is 8.04. The van der Waals surface area contributed by atoms with Gasteiger partial charge in [0.2, 0.25) is 5.91 Å². The van der Waals surface area contributed by atoms with Crippen LogP contribution in [0.3, 0.4) is 0 Å². The molecule has 1 N–H and O–H groups in total. The summed E-state index contributed by atoms with van der Waals surface area (Å²) in [5, 5.41) is 2.83. The minimum absolute atomic E-state index is 0.0398. The normalized spacial score (nSPS) is 25.4. The van der Waals surface area contributed by atoms with E-state index in [0.717, 1.165) is 39.0 Å². The lowest BCUT2D eigenvalue weighted by molar-refractivity contribution is -0.134. The van der Waals surface area contributed by atoms with E-state index in [2.05, 4.69) is 10.2 Å². The maximum absolute atomic E-state index is 12.7. The molecule has 3 fully saturated rings. The lowest BCUT2D eigenvalue weighted by atomic mass is 10.0. The van der Waals surface area contributed by atoms with Crippen molar-refractivity contribution < 1.29 is 9.59 Å². The summed E-state index contributed by atoms with van der Waals surface area (Å²) in [7, 11) is 0. The molecule has 0 aromatic heterocycles. The predicted molar refractivity (Wildman–Crippen MR) is 84.5 cm³/mol. The number of carbonyl (C=O) groups is 2. The third-order valence-corrected chi connectivity index (χ3v) is 4.69. The molecule has 0 radical (unpaired) electrons. The average Bonchev–Trinajstić information content (AvgIpc) is 2.88. The average molecular weight is 301 g/mol. The second kappa shape index (κ2) is 6.48. The van der Waals surface area contributed by atoms with E-state index in [9.17, 15) is 9.59 Å². The fourth-order valence-corrected chi connectivity index (χ4v) is 3.36. The summed E-state index contributed by atoms with van der Waals surface area (Å²) >= 11 is 0. The van der Waals surface area contributed by atoms with Gasteiger partial charge in [0.25, 0.3) is 5.91 Å². The second-order valence-corrected chi connectivity index (χ2v) is 6.17. The number of piperidine rings is 1. The van der Waals surface area contributed by atoms with Crippen LogP contribution in [0.1, 0.15) is 30.1 Å². The smallest absolute Gasteiger partial charge is 0.251 e. The van der Waals surface area contributed by atoms with E-state index in [0.29, 0.717) is 11.6 Å². The Morgan fingerprint density at radius 3 is 2.45 bits per heavy atom. The van der Waals surface area contributed by atoms with E-state index in [1.54, 1.807) is 19.1 Å². The van der Waals surface area contributed by atoms with Gasteiger partial charge in [-0.2, -0.15) is 0 Å². The van der Waals surface area contributed by atoms with E-state index in [-0.39, 0.29) is 11.8 Å². The minimum Gasteiger partial charge on any atom is -0.341 e. The SMILES string of the molecule is C[C@H](NC(=O)c1ccccc1)C(=O)N1CCN2CCC1CC2. The van der Waals surface area contributed by atoms with Crippen LogP contribution in [0.15, 0.2) is 30.3 Å². The summed E-state index contributed by atoms with van der Waals surface area (Å²) in [6.45, 7) is 5.66. The van der Waals surface area contributed by atoms with Gasteiger partial charge in [-0.25, -0.2) is 0 Å². The minimum atomic E-state index is -0.486. The topological polar surface area (TPSA) is 52.7 Å². The van der Waals surface area contributed by atoms with Crippen molar-refractivity contribution in [2.75, 3.05) is 26.2 Å². The molecule has 4 rings (SSSR count). The summed E-state index contributed by atoms with van der Waals surface area (Å²) in [6.07, 6.45) is 2.09. The fraction of sp³-hybridized carbons (Fsp3) is 0.529. The van der Waals surface area contributed by atoms with Crippen molar-refractivity contribution >= 4 is 11.8 Å². The molecule has 5 heteroatoms. The van der Waals surface area contributed by atoms with E-state index in [1.165, 1.54) is 0 Å². The van der Waals surface area contributed by atoms with Gasteiger partial charge in [-0.3, -0.25) is 9.59 Å². The molecule has 3 heterocycles. The van der Waals surface area contributed by atoms with Gasteiger partial charge < -0.3 is 15.1 Å². The van der Waals surface area contributed by atoms with Gasteiger partial charge in [0.15, 0.2) is 0 Å². The zero-order chi connectivity index (χ0) is 15.5. The zero-order valence-electron chi connectivity index (χ0n) is 13.0. The number of rotatable bonds is 3. The van der Waals surface area contributed by atoms with Crippen LogP contribution < -0.4 is 5.32 Å². The van der Waals surface area contributed by atoms with Crippen LogP contribution >= 0.6 is 0 Å². The highest BCUT2D eigenvalue weighted by atomic mass is 16.2. The first-order valence-corrected chi connectivity index (χ1v) is 8.04. The number of hydrogen-bond donors (Lipinski definition) is 1. The Labute approximate surface area is 131 Å². The van der Waals surface area contributed by atoms with Crippen molar-refractivity contribution in [3.63, 3.8) is 0 Å². The molecule has 1 aromatic rings. The molecule has 5 nitrogen and oxygen atoms in total. The second-order valence-electron chi connectivity index (χ2n) is 6.17. The molecule has 118 valence electrons. The Hall–Kier alpha value is -1.88. The van der Waals surface area contributed by atoms with Crippen molar-refractivity contribution in [1.82, 2.24) is 15.1 Å². The standard InChI is InChI=1S/C17H23N3O2/c1-13(18-16(21)14-5-3-2-4-6-14)17(22)20-12-11-19-9-7-15(20)8-10-19/h2-6,13,15H,7-12H2,1H3,(H,18,21)/t13-/m0/s1. The summed E-state index contributed by atoms with van der Waals surface area (Å²) in [4.78, 5) is 29.3. The molecular weight excluding hydrogens is 278 g/mol. The molecule has 0 aliphatic carbocycles. The number of fused-ring (bicyclic) bond motifs is 4. The predicted octanol–water partition coefficient (Wildman–Crippen LogP) is 1.11. The molecule has 3 aliphatic rings. The molecule has 0 spiro atoms. The number of nitrogens with zero attached hydrogens (tertiary/aromatic N) is 2. The van der Waals surface area contributed by atoms with Crippen LogP contribution in [0.5, 0.6) is 0 Å². The Morgan fingerprint density at radius 2 is 1.77 bits per heavy atom. The number of carbonyl (C=O) groups excluding carboxylic acids is 2. The van der Waals surface area contributed by atoms with Gasteiger partial charge in [-0.15, -0.1) is 0 Å². The maximum atomic E-state index is 12.7. The van der Waals surface area contributed by atoms with Crippen LogP contribution in [0.2, 0.25) is 0 Å². The van der Waals surface area contributed by atoms with Crippen molar-refractivity contribution in [2.45, 2.75) is 31.8 Å². The summed E-state index contributed by atoms with van der Waals surface area (Å²) < 4.78 is 0. The monoisotopic (exact) mass is 301 g/mol. The highest BCUT2D eigenvalue weighted by molar-refractivity contribution is 5.97. The van der Waals surface area contributed by atoms with Gasteiger partial charge in [0.1, 0.15) is 6.04 Å². The lowest BCUT2D eigenvalue weighted by Gasteiger charge is -2.33. The quantitative estimate of drug-likeness (QED) is 0.910. The Morgan fingerprint density at radius 1 is 1.09 bits per heavy atom. The summed E-state index contributed by atoms with van der Waals surface area (Å²) in [5.41, 5.74) is 0.588. The largest absolute Gasteiger partial charge is 0.341 e.